The molecule has 0 spiro atoms. The molecule has 1 aromatic carbocycles. The first kappa shape index (κ1) is 14.8. The molecule has 0 aromatic heterocycles. The van der Waals surface area contributed by atoms with Crippen molar-refractivity contribution in [1.82, 2.24) is 5.32 Å². The molecule has 5 heteroatoms. The zero-order valence-electron chi connectivity index (χ0n) is 10.9. The summed E-state index contributed by atoms with van der Waals surface area (Å²) in [5.41, 5.74) is 0.686. The Kier molecular flexibility index (Phi) is 5.95. The number of hydrogen-bond acceptors (Lipinski definition) is 3. The molecule has 100 valence electrons. The fraction of sp³-hybridized carbons (Fsp3) is 0.462. The number of nitrogens with one attached hydrogen (secondary N) is 2. The molecule has 0 heterocycles. The minimum Gasteiger partial charge on any atom is -0.495 e. The number of carbonyl (C=O) groups is 1. The van der Waals surface area contributed by atoms with Gasteiger partial charge in [-0.25, -0.2) is 0 Å². The minimum absolute atomic E-state index is 0.0347. The first-order chi connectivity index (χ1) is 8.52. The summed E-state index contributed by atoms with van der Waals surface area (Å²) in [4.78, 5) is 11.7. The second kappa shape index (κ2) is 7.24. The summed E-state index contributed by atoms with van der Waals surface area (Å²) in [5.74, 6) is 0.516. The van der Waals surface area contributed by atoms with Gasteiger partial charge in [-0.05, 0) is 12.1 Å². The van der Waals surface area contributed by atoms with Gasteiger partial charge in [0.1, 0.15) is 5.75 Å². The summed E-state index contributed by atoms with van der Waals surface area (Å²) in [5, 5.41) is 6.51. The Bertz CT molecular complexity index is 408. The molecule has 2 N–H and O–H groups in total. The summed E-state index contributed by atoms with van der Waals surface area (Å²) >= 11 is 5.90. The largest absolute Gasteiger partial charge is 0.495 e. The van der Waals surface area contributed by atoms with Crippen molar-refractivity contribution in [2.24, 2.45) is 0 Å². The number of methoxy groups -OCH3 is 1. The lowest BCUT2D eigenvalue weighted by atomic mass is 10.2. The maximum Gasteiger partial charge on any atom is 0.225 e. The van der Waals surface area contributed by atoms with Gasteiger partial charge in [0.2, 0.25) is 5.91 Å². The second-order valence-electron chi connectivity index (χ2n) is 4.26. The summed E-state index contributed by atoms with van der Waals surface area (Å²) in [6.07, 6.45) is 0.434. The van der Waals surface area contributed by atoms with E-state index in [-0.39, 0.29) is 5.91 Å². The van der Waals surface area contributed by atoms with E-state index < -0.39 is 0 Å². The Morgan fingerprint density at radius 2 is 2.17 bits per heavy atom. The molecule has 0 saturated heterocycles. The third-order valence-electron chi connectivity index (χ3n) is 2.34. The summed E-state index contributed by atoms with van der Waals surface area (Å²) in [6.45, 7) is 4.75. The standard InChI is InChI=1S/C13H19ClN2O2/c1-9(2)15-7-6-13(17)16-10-4-5-11(14)12(8-10)18-3/h4-5,8-9,15H,6-7H2,1-3H3,(H,16,17). The molecule has 0 saturated carbocycles. The average molecular weight is 271 g/mol. The number of rotatable bonds is 6. The molecule has 1 aromatic rings. The average Bonchev–Trinajstić information content (AvgIpc) is 2.31. The van der Waals surface area contributed by atoms with Crippen molar-refractivity contribution in [2.45, 2.75) is 26.3 Å². The Hall–Kier alpha value is -1.26. The van der Waals surface area contributed by atoms with Crippen LogP contribution in [0.25, 0.3) is 0 Å². The van der Waals surface area contributed by atoms with Gasteiger partial charge in [0.25, 0.3) is 0 Å². The van der Waals surface area contributed by atoms with Gasteiger partial charge >= 0.3 is 0 Å². The van der Waals surface area contributed by atoms with Crippen molar-refractivity contribution in [3.05, 3.63) is 23.2 Å². The van der Waals surface area contributed by atoms with Gasteiger partial charge in [0.15, 0.2) is 0 Å². The highest BCUT2D eigenvalue weighted by Gasteiger charge is 2.06. The topological polar surface area (TPSA) is 50.4 Å². The Balaban J connectivity index is 2.49. The number of carbonyl (C=O) groups excluding carboxylic acids is 1. The number of amides is 1. The van der Waals surface area contributed by atoms with E-state index in [2.05, 4.69) is 10.6 Å². The molecule has 0 atom stereocenters. The lowest BCUT2D eigenvalue weighted by Gasteiger charge is -2.10. The monoisotopic (exact) mass is 270 g/mol. The van der Waals surface area contributed by atoms with E-state index in [0.29, 0.717) is 35.5 Å². The van der Waals surface area contributed by atoms with Crippen LogP contribution < -0.4 is 15.4 Å². The lowest BCUT2D eigenvalue weighted by Crippen LogP contribution is -2.27. The third-order valence-corrected chi connectivity index (χ3v) is 2.65. The highest BCUT2D eigenvalue weighted by molar-refractivity contribution is 6.32. The molecule has 1 amide bonds. The number of halogens is 1. The molecule has 0 fully saturated rings. The highest BCUT2D eigenvalue weighted by Crippen LogP contribution is 2.27. The van der Waals surface area contributed by atoms with Gasteiger partial charge in [-0.15, -0.1) is 0 Å². The zero-order valence-corrected chi connectivity index (χ0v) is 11.7. The van der Waals surface area contributed by atoms with Crippen molar-refractivity contribution in [1.29, 1.82) is 0 Å². The van der Waals surface area contributed by atoms with E-state index in [9.17, 15) is 4.79 Å². The molecule has 0 aliphatic rings. The van der Waals surface area contributed by atoms with E-state index in [1.807, 2.05) is 13.8 Å². The molecule has 0 unspecified atom stereocenters. The predicted octanol–water partition coefficient (Wildman–Crippen LogP) is 2.68. The van der Waals surface area contributed by atoms with Crippen LogP contribution in [0.3, 0.4) is 0 Å². The van der Waals surface area contributed by atoms with Crippen LogP contribution in [-0.4, -0.2) is 25.6 Å². The van der Waals surface area contributed by atoms with E-state index in [0.717, 1.165) is 0 Å². The Morgan fingerprint density at radius 1 is 1.44 bits per heavy atom. The van der Waals surface area contributed by atoms with Crippen LogP contribution in [0.2, 0.25) is 5.02 Å². The maximum atomic E-state index is 11.7. The van der Waals surface area contributed by atoms with Crippen molar-refractivity contribution >= 4 is 23.2 Å². The molecular formula is C13H19ClN2O2. The summed E-state index contributed by atoms with van der Waals surface area (Å²) < 4.78 is 5.08. The zero-order chi connectivity index (χ0) is 13.5. The van der Waals surface area contributed by atoms with E-state index >= 15 is 0 Å². The number of hydrogen-bond donors (Lipinski definition) is 2. The Morgan fingerprint density at radius 3 is 2.78 bits per heavy atom. The molecule has 0 bridgehead atoms. The van der Waals surface area contributed by atoms with Crippen molar-refractivity contribution in [3.63, 3.8) is 0 Å². The van der Waals surface area contributed by atoms with Crippen LogP contribution >= 0.6 is 11.6 Å². The molecule has 4 nitrogen and oxygen atoms in total. The molecule has 0 aliphatic heterocycles. The fourth-order valence-electron chi connectivity index (χ4n) is 1.44. The first-order valence-electron chi connectivity index (χ1n) is 5.89. The van der Waals surface area contributed by atoms with E-state index in [1.54, 1.807) is 25.3 Å². The smallest absolute Gasteiger partial charge is 0.225 e. The number of benzene rings is 1. The van der Waals surface area contributed by atoms with Crippen LogP contribution in [-0.2, 0) is 4.79 Å². The Labute approximate surface area is 113 Å². The fourth-order valence-corrected chi connectivity index (χ4v) is 1.63. The minimum atomic E-state index is -0.0347. The maximum absolute atomic E-state index is 11.7. The van der Waals surface area contributed by atoms with Crippen LogP contribution in [0, 0.1) is 0 Å². The highest BCUT2D eigenvalue weighted by atomic mass is 35.5. The molecule has 1 rings (SSSR count). The summed E-state index contributed by atoms with van der Waals surface area (Å²) in [6, 6.07) is 5.53. The van der Waals surface area contributed by atoms with Gasteiger partial charge in [-0.3, -0.25) is 4.79 Å². The van der Waals surface area contributed by atoms with Gasteiger partial charge < -0.3 is 15.4 Å². The molecular weight excluding hydrogens is 252 g/mol. The molecule has 18 heavy (non-hydrogen) atoms. The number of ether oxygens (including phenoxy) is 1. The van der Waals surface area contributed by atoms with E-state index in [4.69, 9.17) is 16.3 Å². The normalized spacial score (nSPS) is 10.5. The van der Waals surface area contributed by atoms with E-state index in [1.165, 1.54) is 0 Å². The van der Waals surface area contributed by atoms with Crippen LogP contribution in [0.1, 0.15) is 20.3 Å². The van der Waals surface area contributed by atoms with Gasteiger partial charge in [0, 0.05) is 30.8 Å². The van der Waals surface area contributed by atoms with Gasteiger partial charge in [-0.2, -0.15) is 0 Å². The first-order valence-corrected chi connectivity index (χ1v) is 6.27. The lowest BCUT2D eigenvalue weighted by molar-refractivity contribution is -0.116. The quantitative estimate of drug-likeness (QED) is 0.836. The number of anilines is 1. The van der Waals surface area contributed by atoms with Crippen LogP contribution in [0.4, 0.5) is 5.69 Å². The predicted molar refractivity (Wildman–Crippen MR) is 74.4 cm³/mol. The molecule has 0 radical (unpaired) electrons. The molecule has 0 aliphatic carbocycles. The second-order valence-corrected chi connectivity index (χ2v) is 4.66. The summed E-state index contributed by atoms with van der Waals surface area (Å²) in [7, 11) is 1.54. The third kappa shape index (κ3) is 4.94. The van der Waals surface area contributed by atoms with Gasteiger partial charge in [0.05, 0.1) is 12.1 Å². The van der Waals surface area contributed by atoms with Crippen LogP contribution in [0.15, 0.2) is 18.2 Å². The van der Waals surface area contributed by atoms with Crippen molar-refractivity contribution in [2.75, 3.05) is 19.0 Å². The van der Waals surface area contributed by atoms with Gasteiger partial charge in [-0.1, -0.05) is 25.4 Å². The van der Waals surface area contributed by atoms with Crippen molar-refractivity contribution in [3.8, 4) is 5.75 Å². The SMILES string of the molecule is COc1cc(NC(=O)CCNC(C)C)ccc1Cl. The van der Waals surface area contributed by atoms with Crippen LogP contribution in [0.5, 0.6) is 5.75 Å². The van der Waals surface area contributed by atoms with Crippen molar-refractivity contribution < 1.29 is 9.53 Å².